The number of phenolic OH excluding ortho intramolecular Hbond substituents is 1. The quantitative estimate of drug-likeness (QED) is 0.332. The summed E-state index contributed by atoms with van der Waals surface area (Å²) in [6.07, 6.45) is 0. The van der Waals surface area contributed by atoms with Crippen LogP contribution in [0.4, 0.5) is 11.4 Å². The number of nitrogens with zero attached hydrogens (tertiary/aromatic N) is 2. The second kappa shape index (κ2) is 8.57. The van der Waals surface area contributed by atoms with Crippen LogP contribution in [0.5, 0.6) is 11.5 Å². The van der Waals surface area contributed by atoms with Gasteiger partial charge in [-0.2, -0.15) is 0 Å². The van der Waals surface area contributed by atoms with Gasteiger partial charge in [-0.1, -0.05) is 11.6 Å². The molecule has 0 saturated carbocycles. The van der Waals surface area contributed by atoms with Gasteiger partial charge >= 0.3 is 11.7 Å². The van der Waals surface area contributed by atoms with Crippen LogP contribution in [-0.4, -0.2) is 33.0 Å². The van der Waals surface area contributed by atoms with Crippen LogP contribution >= 0.6 is 11.6 Å². The third-order valence-corrected chi connectivity index (χ3v) is 3.96. The van der Waals surface area contributed by atoms with E-state index in [9.17, 15) is 24.8 Å². The highest BCUT2D eigenvalue weighted by Crippen LogP contribution is 2.45. The molecule has 29 heavy (non-hydrogen) atoms. The van der Waals surface area contributed by atoms with Crippen molar-refractivity contribution < 1.29 is 34.3 Å². The van der Waals surface area contributed by atoms with Crippen LogP contribution < -0.4 is 9.64 Å². The van der Waals surface area contributed by atoms with Gasteiger partial charge in [0.2, 0.25) is 5.75 Å². The van der Waals surface area contributed by atoms with Gasteiger partial charge in [0, 0.05) is 24.6 Å². The van der Waals surface area contributed by atoms with Gasteiger partial charge in [0.1, 0.15) is 0 Å². The van der Waals surface area contributed by atoms with E-state index in [-0.39, 0.29) is 17.7 Å². The number of nitro benzene ring substituents is 1. The summed E-state index contributed by atoms with van der Waals surface area (Å²) < 4.78 is 4.78. The number of fused-ring (bicyclic) bond motifs is 1. The molecule has 0 saturated heterocycles. The Labute approximate surface area is 169 Å². The lowest BCUT2D eigenvalue weighted by Gasteiger charge is -2.15. The Bertz CT molecular complexity index is 1000. The number of nitro groups is 1. The lowest BCUT2D eigenvalue weighted by molar-refractivity contribution is -0.386. The van der Waals surface area contributed by atoms with E-state index in [1.54, 1.807) is 24.3 Å². The molecule has 1 aliphatic heterocycles. The Kier molecular flexibility index (Phi) is 6.39. The number of aromatic hydroxyl groups is 1. The number of carboxylic acid groups (broad SMARTS) is 1. The zero-order valence-corrected chi connectivity index (χ0v) is 16.0. The molecule has 0 aromatic heterocycles. The summed E-state index contributed by atoms with van der Waals surface area (Å²) in [5, 5.41) is 29.4. The van der Waals surface area contributed by atoms with Gasteiger partial charge in [-0.3, -0.25) is 24.5 Å². The molecular formula is C18H15ClN2O8. The molecular weight excluding hydrogens is 408 g/mol. The van der Waals surface area contributed by atoms with Gasteiger partial charge in [-0.05, 0) is 30.3 Å². The van der Waals surface area contributed by atoms with E-state index in [4.69, 9.17) is 26.2 Å². The van der Waals surface area contributed by atoms with Crippen molar-refractivity contribution in [3.05, 3.63) is 56.6 Å². The van der Waals surface area contributed by atoms with Gasteiger partial charge < -0.3 is 19.8 Å². The number of aliphatic carboxylic acids is 1. The maximum absolute atomic E-state index is 12.7. The zero-order chi connectivity index (χ0) is 21.9. The predicted octanol–water partition coefficient (Wildman–Crippen LogP) is 3.13. The number of halogens is 1. The molecule has 0 unspecified atom stereocenters. The number of carboxylic acids is 1. The number of rotatable bonds is 3. The molecule has 2 N–H and O–H groups in total. The van der Waals surface area contributed by atoms with Gasteiger partial charge in [0.15, 0.2) is 5.75 Å². The summed E-state index contributed by atoms with van der Waals surface area (Å²) in [6.45, 7) is 2.07. The van der Waals surface area contributed by atoms with Gasteiger partial charge in [-0.25, -0.2) is 0 Å². The topological polar surface area (TPSA) is 147 Å². The molecule has 1 amide bonds. The number of hydrogen-bond acceptors (Lipinski definition) is 7. The van der Waals surface area contributed by atoms with Crippen molar-refractivity contribution in [2.24, 2.45) is 0 Å². The second-order valence-electron chi connectivity index (χ2n) is 5.84. The maximum Gasteiger partial charge on any atom is 0.320 e. The summed E-state index contributed by atoms with van der Waals surface area (Å²) >= 11 is 5.83. The van der Waals surface area contributed by atoms with E-state index in [0.29, 0.717) is 10.7 Å². The van der Waals surface area contributed by atoms with Crippen LogP contribution in [0, 0.1) is 10.1 Å². The molecule has 1 heterocycles. The highest BCUT2D eigenvalue weighted by Gasteiger charge is 2.38. The zero-order valence-electron chi connectivity index (χ0n) is 15.2. The van der Waals surface area contributed by atoms with Crippen LogP contribution in [0.1, 0.15) is 29.8 Å². The van der Waals surface area contributed by atoms with E-state index in [0.717, 1.165) is 19.9 Å². The van der Waals surface area contributed by atoms with Crippen molar-refractivity contribution >= 4 is 40.8 Å². The van der Waals surface area contributed by atoms with Crippen LogP contribution in [0.25, 0.3) is 0 Å². The van der Waals surface area contributed by atoms with Crippen molar-refractivity contribution in [3.63, 3.8) is 0 Å². The summed E-state index contributed by atoms with van der Waals surface area (Å²) in [5.41, 5.74) is -0.110. The molecule has 152 valence electrons. The monoisotopic (exact) mass is 422 g/mol. The van der Waals surface area contributed by atoms with Crippen molar-refractivity contribution in [1.82, 2.24) is 0 Å². The van der Waals surface area contributed by atoms with E-state index >= 15 is 0 Å². The molecule has 0 radical (unpaired) electrons. The number of esters is 1. The average Bonchev–Trinajstić information content (AvgIpc) is 2.91. The van der Waals surface area contributed by atoms with Gasteiger partial charge in [0.25, 0.3) is 11.9 Å². The van der Waals surface area contributed by atoms with Crippen molar-refractivity contribution in [1.29, 1.82) is 0 Å². The lowest BCUT2D eigenvalue weighted by atomic mass is 10.1. The SMILES string of the molecule is CC(=O)O.CC(=O)Oc1cc2c(c([N+](=O)[O-])c1O)CN(c1ccc(Cl)cc1)C2=O. The van der Waals surface area contributed by atoms with Gasteiger partial charge in [-0.15, -0.1) is 0 Å². The number of phenols is 1. The Morgan fingerprint density at radius 1 is 1.24 bits per heavy atom. The third-order valence-electron chi connectivity index (χ3n) is 3.71. The predicted molar refractivity (Wildman–Crippen MR) is 101 cm³/mol. The van der Waals surface area contributed by atoms with Crippen LogP contribution in [0.3, 0.4) is 0 Å². The average molecular weight is 423 g/mol. The summed E-state index contributed by atoms with van der Waals surface area (Å²) in [6, 6.07) is 7.51. The van der Waals surface area contributed by atoms with Gasteiger partial charge in [0.05, 0.1) is 22.6 Å². The Hall–Kier alpha value is -3.66. The lowest BCUT2D eigenvalue weighted by Crippen LogP contribution is -2.22. The molecule has 3 rings (SSSR count). The first-order valence-electron chi connectivity index (χ1n) is 8.01. The Morgan fingerprint density at radius 2 is 1.79 bits per heavy atom. The van der Waals surface area contributed by atoms with Crippen LogP contribution in [0.2, 0.25) is 5.02 Å². The minimum Gasteiger partial charge on any atom is -0.499 e. The fraction of sp³-hybridized carbons (Fsp3) is 0.167. The number of hydrogen-bond donors (Lipinski definition) is 2. The maximum atomic E-state index is 12.7. The van der Waals surface area contributed by atoms with E-state index < -0.39 is 40.0 Å². The van der Waals surface area contributed by atoms with E-state index in [1.807, 2.05) is 0 Å². The van der Waals surface area contributed by atoms with E-state index in [1.165, 1.54) is 4.90 Å². The summed E-state index contributed by atoms with van der Waals surface area (Å²) in [5.74, 6) is -3.33. The van der Waals surface area contributed by atoms with Crippen LogP contribution in [0.15, 0.2) is 30.3 Å². The first kappa shape index (κ1) is 21.6. The van der Waals surface area contributed by atoms with Crippen molar-refractivity contribution in [2.45, 2.75) is 20.4 Å². The molecule has 2 aromatic carbocycles. The minimum absolute atomic E-state index is 0.00398. The molecule has 0 bridgehead atoms. The highest BCUT2D eigenvalue weighted by molar-refractivity contribution is 6.30. The number of amides is 1. The molecule has 11 heteroatoms. The molecule has 10 nitrogen and oxygen atoms in total. The largest absolute Gasteiger partial charge is 0.499 e. The van der Waals surface area contributed by atoms with Crippen molar-refractivity contribution in [3.8, 4) is 11.5 Å². The smallest absolute Gasteiger partial charge is 0.320 e. The number of ether oxygens (including phenoxy) is 1. The molecule has 1 aliphatic rings. The van der Waals surface area contributed by atoms with Crippen LogP contribution in [-0.2, 0) is 16.1 Å². The first-order chi connectivity index (χ1) is 13.5. The molecule has 0 fully saturated rings. The fourth-order valence-corrected chi connectivity index (χ4v) is 2.78. The highest BCUT2D eigenvalue weighted by atomic mass is 35.5. The standard InChI is InChI=1S/C16H11ClN2O6.C2H4O2/c1-8(20)25-13-6-11-12(14(15(13)21)19(23)24)7-18(16(11)22)10-4-2-9(17)3-5-10;1-2(3)4/h2-6,21H,7H2,1H3;1H3,(H,3,4). The molecule has 0 spiro atoms. The number of carbonyl (C=O) groups excluding carboxylic acids is 2. The summed E-state index contributed by atoms with van der Waals surface area (Å²) in [7, 11) is 0. The van der Waals surface area contributed by atoms with Crippen molar-refractivity contribution in [2.75, 3.05) is 4.90 Å². The first-order valence-corrected chi connectivity index (χ1v) is 8.39. The third kappa shape index (κ3) is 4.79. The Morgan fingerprint density at radius 3 is 2.28 bits per heavy atom. The number of anilines is 1. The second-order valence-corrected chi connectivity index (χ2v) is 6.27. The normalized spacial score (nSPS) is 12.0. The molecule has 0 aliphatic carbocycles. The molecule has 2 aromatic rings. The van der Waals surface area contributed by atoms with E-state index in [2.05, 4.69) is 0 Å². The number of benzene rings is 2. The number of carbonyl (C=O) groups is 3. The fourth-order valence-electron chi connectivity index (χ4n) is 2.66. The molecule has 0 atom stereocenters. The minimum atomic E-state index is -0.833. The Balaban J connectivity index is 0.000000687. The summed E-state index contributed by atoms with van der Waals surface area (Å²) in [4.78, 5) is 44.7.